The van der Waals surface area contributed by atoms with Crippen molar-refractivity contribution in [1.29, 1.82) is 0 Å². The number of rotatable bonds is 3. The first kappa shape index (κ1) is 18.5. The molecule has 5 rings (SSSR count). The molecule has 2 aromatic heterocycles. The third-order valence-corrected chi connectivity index (χ3v) is 5.06. The third kappa shape index (κ3) is 3.59. The normalized spacial score (nSPS) is 10.6. The largest absolute Gasteiger partial charge is 0.478 e. The van der Waals surface area contributed by atoms with Crippen LogP contribution in [-0.2, 0) is 0 Å². The van der Waals surface area contributed by atoms with Crippen molar-refractivity contribution in [2.75, 3.05) is 0 Å². The van der Waals surface area contributed by atoms with E-state index in [9.17, 15) is 9.90 Å². The van der Waals surface area contributed by atoms with Gasteiger partial charge in [-0.3, -0.25) is 0 Å². The van der Waals surface area contributed by atoms with E-state index in [0.717, 1.165) is 27.6 Å². The molecule has 0 spiro atoms. The van der Waals surface area contributed by atoms with E-state index in [-0.39, 0.29) is 5.56 Å². The fourth-order valence-corrected chi connectivity index (χ4v) is 3.60. The molecule has 148 valence electrons. The highest BCUT2D eigenvalue weighted by Gasteiger charge is 2.15. The number of benzene rings is 3. The van der Waals surface area contributed by atoms with Crippen LogP contribution in [0.5, 0.6) is 0 Å². The Morgan fingerprint density at radius 1 is 0.968 bits per heavy atom. The molecule has 5 heteroatoms. The van der Waals surface area contributed by atoms with Crippen LogP contribution < -0.4 is 0 Å². The molecule has 5 aromatic rings. The second-order valence-corrected chi connectivity index (χ2v) is 7.01. The standard InChI is InChI=1S/C26H16N2O3/c29-26(30)22-6-2-4-19(25(22)21-10-9-18-11-12-28-23(18)14-21)8-7-17-3-1-5-20(13-17)24-15-27-16-31-24/h1-6,9-16,28H,(H,29,30). The number of carboxylic acids is 1. The highest BCUT2D eigenvalue weighted by atomic mass is 16.4. The summed E-state index contributed by atoms with van der Waals surface area (Å²) < 4.78 is 5.36. The van der Waals surface area contributed by atoms with Crippen LogP contribution in [-0.4, -0.2) is 21.0 Å². The Hall–Kier alpha value is -4.56. The zero-order valence-corrected chi connectivity index (χ0v) is 16.3. The summed E-state index contributed by atoms with van der Waals surface area (Å²) in [5.41, 5.74) is 4.87. The van der Waals surface area contributed by atoms with Crippen molar-refractivity contribution < 1.29 is 14.3 Å². The minimum atomic E-state index is -0.988. The fourth-order valence-electron chi connectivity index (χ4n) is 3.60. The fraction of sp³-hybridized carbons (Fsp3) is 0. The SMILES string of the molecule is O=C(O)c1cccc(C#Cc2cccc(-c3cnco3)c2)c1-c1ccc2cc[nH]c2c1. The van der Waals surface area contributed by atoms with Crippen LogP contribution in [0.1, 0.15) is 21.5 Å². The second kappa shape index (κ2) is 7.69. The lowest BCUT2D eigenvalue weighted by molar-refractivity contribution is 0.0697. The quantitative estimate of drug-likeness (QED) is 0.384. The monoisotopic (exact) mass is 404 g/mol. The topological polar surface area (TPSA) is 79.1 Å². The summed E-state index contributed by atoms with van der Waals surface area (Å²) in [7, 11) is 0. The predicted octanol–water partition coefficient (Wildman–Crippen LogP) is 5.59. The van der Waals surface area contributed by atoms with E-state index in [1.54, 1.807) is 18.3 Å². The zero-order chi connectivity index (χ0) is 21.2. The van der Waals surface area contributed by atoms with Crippen molar-refractivity contribution >= 4 is 16.9 Å². The minimum Gasteiger partial charge on any atom is -0.478 e. The maximum absolute atomic E-state index is 11.9. The van der Waals surface area contributed by atoms with Crippen molar-refractivity contribution in [3.63, 3.8) is 0 Å². The molecular formula is C26H16N2O3. The molecule has 0 amide bonds. The number of nitrogens with zero attached hydrogens (tertiary/aromatic N) is 1. The summed E-state index contributed by atoms with van der Waals surface area (Å²) >= 11 is 0. The van der Waals surface area contributed by atoms with Gasteiger partial charge < -0.3 is 14.5 Å². The summed E-state index contributed by atoms with van der Waals surface area (Å²) in [6, 6.07) is 20.6. The number of fused-ring (bicyclic) bond motifs is 1. The molecule has 0 saturated heterocycles. The maximum atomic E-state index is 11.9. The molecule has 31 heavy (non-hydrogen) atoms. The summed E-state index contributed by atoms with van der Waals surface area (Å²) in [5.74, 6) is 6.00. The van der Waals surface area contributed by atoms with Crippen LogP contribution in [0.2, 0.25) is 0 Å². The number of hydrogen-bond donors (Lipinski definition) is 2. The van der Waals surface area contributed by atoms with E-state index in [4.69, 9.17) is 4.42 Å². The summed E-state index contributed by atoms with van der Waals surface area (Å²) in [6.07, 6.45) is 4.90. The third-order valence-electron chi connectivity index (χ3n) is 5.06. The number of H-pyrrole nitrogens is 1. The van der Waals surface area contributed by atoms with Crippen LogP contribution in [0.3, 0.4) is 0 Å². The number of aromatic carboxylic acids is 1. The van der Waals surface area contributed by atoms with E-state index >= 15 is 0 Å². The van der Waals surface area contributed by atoms with Gasteiger partial charge >= 0.3 is 5.97 Å². The van der Waals surface area contributed by atoms with Crippen molar-refractivity contribution in [3.8, 4) is 34.3 Å². The number of carboxylic acid groups (broad SMARTS) is 1. The molecule has 0 aliphatic carbocycles. The molecule has 3 aromatic carbocycles. The van der Waals surface area contributed by atoms with Crippen molar-refractivity contribution in [2.45, 2.75) is 0 Å². The first-order valence-electron chi connectivity index (χ1n) is 9.64. The Kier molecular flexibility index (Phi) is 4.58. The van der Waals surface area contributed by atoms with Gasteiger partial charge in [0, 0.05) is 34.0 Å². The molecule has 0 bridgehead atoms. The molecule has 0 fully saturated rings. The van der Waals surface area contributed by atoms with Crippen molar-refractivity contribution in [2.24, 2.45) is 0 Å². The van der Waals surface area contributed by atoms with E-state index < -0.39 is 5.97 Å². The first-order valence-corrected chi connectivity index (χ1v) is 9.64. The predicted molar refractivity (Wildman–Crippen MR) is 119 cm³/mol. The van der Waals surface area contributed by atoms with Gasteiger partial charge in [-0.25, -0.2) is 9.78 Å². The van der Waals surface area contributed by atoms with Crippen molar-refractivity contribution in [1.82, 2.24) is 9.97 Å². The van der Waals surface area contributed by atoms with Gasteiger partial charge in [-0.15, -0.1) is 0 Å². The van der Waals surface area contributed by atoms with Crippen molar-refractivity contribution in [3.05, 3.63) is 102 Å². The molecule has 0 saturated carbocycles. The molecule has 2 N–H and O–H groups in total. The Balaban J connectivity index is 1.62. The zero-order valence-electron chi connectivity index (χ0n) is 16.3. The average Bonchev–Trinajstić information content (AvgIpc) is 3.49. The maximum Gasteiger partial charge on any atom is 0.336 e. The average molecular weight is 404 g/mol. The number of aromatic amines is 1. The number of hydrogen-bond acceptors (Lipinski definition) is 3. The van der Waals surface area contributed by atoms with E-state index in [1.807, 2.05) is 60.8 Å². The van der Waals surface area contributed by atoms with E-state index in [0.29, 0.717) is 16.9 Å². The van der Waals surface area contributed by atoms with Crippen LogP contribution in [0.4, 0.5) is 0 Å². The smallest absolute Gasteiger partial charge is 0.336 e. The van der Waals surface area contributed by atoms with Gasteiger partial charge in [0.2, 0.25) is 0 Å². The molecule has 0 radical (unpaired) electrons. The summed E-state index contributed by atoms with van der Waals surface area (Å²) in [6.45, 7) is 0. The highest BCUT2D eigenvalue weighted by Crippen LogP contribution is 2.30. The molecule has 0 aliphatic heterocycles. The summed E-state index contributed by atoms with van der Waals surface area (Å²) in [4.78, 5) is 19.1. The molecule has 2 heterocycles. The lowest BCUT2D eigenvalue weighted by Gasteiger charge is -2.10. The molecule has 0 aliphatic rings. The number of oxazole rings is 1. The van der Waals surface area contributed by atoms with Gasteiger partial charge in [0.1, 0.15) is 0 Å². The Morgan fingerprint density at radius 3 is 2.71 bits per heavy atom. The minimum absolute atomic E-state index is 0.216. The van der Waals surface area contributed by atoms with Crippen LogP contribution in [0.25, 0.3) is 33.4 Å². The van der Waals surface area contributed by atoms with Gasteiger partial charge in [0.05, 0.1) is 11.8 Å². The molecule has 5 nitrogen and oxygen atoms in total. The number of carbonyl (C=O) groups is 1. The molecular weight excluding hydrogens is 388 g/mol. The molecule has 0 atom stereocenters. The van der Waals surface area contributed by atoms with Gasteiger partial charge in [-0.05, 0) is 47.3 Å². The first-order chi connectivity index (χ1) is 15.2. The van der Waals surface area contributed by atoms with Gasteiger partial charge in [-0.2, -0.15) is 0 Å². The highest BCUT2D eigenvalue weighted by molar-refractivity contribution is 5.99. The van der Waals surface area contributed by atoms with Gasteiger partial charge in [-0.1, -0.05) is 42.2 Å². The Morgan fingerprint density at radius 2 is 1.87 bits per heavy atom. The molecule has 0 unspecified atom stereocenters. The second-order valence-electron chi connectivity index (χ2n) is 7.01. The van der Waals surface area contributed by atoms with Gasteiger partial charge in [0.25, 0.3) is 0 Å². The Bertz CT molecular complexity index is 1470. The van der Waals surface area contributed by atoms with Gasteiger partial charge in [0.15, 0.2) is 12.2 Å². The lowest BCUT2D eigenvalue weighted by Crippen LogP contribution is -2.01. The lowest BCUT2D eigenvalue weighted by atomic mass is 9.93. The number of nitrogens with one attached hydrogen (secondary N) is 1. The van der Waals surface area contributed by atoms with Crippen LogP contribution in [0.15, 0.2) is 89.9 Å². The number of aromatic nitrogens is 2. The van der Waals surface area contributed by atoms with E-state index in [2.05, 4.69) is 21.8 Å². The van der Waals surface area contributed by atoms with Crippen LogP contribution >= 0.6 is 0 Å². The Labute approximate surface area is 178 Å². The van der Waals surface area contributed by atoms with E-state index in [1.165, 1.54) is 6.39 Å². The summed E-state index contributed by atoms with van der Waals surface area (Å²) in [5, 5.41) is 10.8. The van der Waals surface area contributed by atoms with Crippen LogP contribution in [0, 0.1) is 11.8 Å².